The third-order valence-corrected chi connectivity index (χ3v) is 1.86. The number of nitrogens with one attached hydrogen (secondary N) is 1. The van der Waals surface area contributed by atoms with Crippen molar-refractivity contribution in [3.8, 4) is 0 Å². The SMILES string of the molecule is CCC.CCC(=O)[C@@H]1CCNC1. The third-order valence-electron chi connectivity index (χ3n) is 1.86. The van der Waals surface area contributed by atoms with Crippen LogP contribution in [-0.4, -0.2) is 18.9 Å². The summed E-state index contributed by atoms with van der Waals surface area (Å²) in [6, 6.07) is 0. The maximum atomic E-state index is 11.0. The van der Waals surface area contributed by atoms with Crippen LogP contribution in [0, 0.1) is 5.92 Å². The minimum absolute atomic E-state index is 0.329. The van der Waals surface area contributed by atoms with Gasteiger partial charge in [0, 0.05) is 18.9 Å². The zero-order valence-corrected chi connectivity index (χ0v) is 8.52. The monoisotopic (exact) mass is 171 g/mol. The molecule has 0 bridgehead atoms. The first kappa shape index (κ1) is 11.6. The molecule has 72 valence electrons. The van der Waals surface area contributed by atoms with Gasteiger partial charge in [0.05, 0.1) is 0 Å². The van der Waals surface area contributed by atoms with Gasteiger partial charge in [0.2, 0.25) is 0 Å². The fourth-order valence-electron chi connectivity index (χ4n) is 1.22. The Morgan fingerprint density at radius 3 is 2.33 bits per heavy atom. The van der Waals surface area contributed by atoms with Crippen LogP contribution in [0.5, 0.6) is 0 Å². The van der Waals surface area contributed by atoms with Crippen LogP contribution in [0.3, 0.4) is 0 Å². The second-order valence-electron chi connectivity index (χ2n) is 3.22. The Balaban J connectivity index is 0.000000354. The van der Waals surface area contributed by atoms with E-state index in [2.05, 4.69) is 19.2 Å². The Labute approximate surface area is 75.7 Å². The molecule has 2 heteroatoms. The molecule has 1 aliphatic rings. The molecule has 0 aromatic heterocycles. The van der Waals surface area contributed by atoms with E-state index in [0.717, 1.165) is 19.5 Å². The van der Waals surface area contributed by atoms with Crippen molar-refractivity contribution in [2.75, 3.05) is 13.1 Å². The fourth-order valence-corrected chi connectivity index (χ4v) is 1.22. The molecule has 0 aromatic carbocycles. The van der Waals surface area contributed by atoms with Crippen molar-refractivity contribution in [1.82, 2.24) is 5.32 Å². The van der Waals surface area contributed by atoms with E-state index in [9.17, 15) is 4.79 Å². The molecule has 1 aliphatic heterocycles. The quantitative estimate of drug-likeness (QED) is 0.688. The maximum absolute atomic E-state index is 11.0. The first-order valence-corrected chi connectivity index (χ1v) is 4.99. The lowest BCUT2D eigenvalue weighted by Crippen LogP contribution is -2.16. The first-order chi connectivity index (χ1) is 5.76. The van der Waals surface area contributed by atoms with Gasteiger partial charge in [0.25, 0.3) is 0 Å². The van der Waals surface area contributed by atoms with E-state index in [1.165, 1.54) is 6.42 Å². The van der Waals surface area contributed by atoms with Gasteiger partial charge in [-0.1, -0.05) is 27.2 Å². The highest BCUT2D eigenvalue weighted by Gasteiger charge is 2.19. The minimum atomic E-state index is 0.329. The molecule has 1 heterocycles. The van der Waals surface area contributed by atoms with Gasteiger partial charge < -0.3 is 5.32 Å². The third kappa shape index (κ3) is 4.50. The normalized spacial score (nSPS) is 21.4. The number of hydrogen-bond donors (Lipinski definition) is 1. The molecular weight excluding hydrogens is 150 g/mol. The molecule has 2 nitrogen and oxygen atoms in total. The van der Waals surface area contributed by atoms with Crippen molar-refractivity contribution >= 4 is 5.78 Å². The van der Waals surface area contributed by atoms with E-state index in [-0.39, 0.29) is 0 Å². The predicted octanol–water partition coefficient (Wildman–Crippen LogP) is 1.99. The highest BCUT2D eigenvalue weighted by atomic mass is 16.1. The van der Waals surface area contributed by atoms with Crippen LogP contribution >= 0.6 is 0 Å². The smallest absolute Gasteiger partial charge is 0.137 e. The lowest BCUT2D eigenvalue weighted by atomic mass is 10.0. The van der Waals surface area contributed by atoms with E-state index in [0.29, 0.717) is 18.1 Å². The summed E-state index contributed by atoms with van der Waals surface area (Å²) in [6.45, 7) is 8.11. The number of Topliss-reactive ketones (excluding diaryl/α,β-unsaturated/α-hetero) is 1. The van der Waals surface area contributed by atoms with Crippen LogP contribution in [0.4, 0.5) is 0 Å². The van der Waals surface area contributed by atoms with Gasteiger partial charge >= 0.3 is 0 Å². The summed E-state index contributed by atoms with van der Waals surface area (Å²) >= 11 is 0. The second kappa shape index (κ2) is 7.29. The molecule has 0 radical (unpaired) electrons. The zero-order valence-electron chi connectivity index (χ0n) is 8.52. The molecular formula is C10H21NO. The number of carbonyl (C=O) groups is 1. The summed E-state index contributed by atoms with van der Waals surface area (Å²) in [5, 5.41) is 3.17. The molecule has 0 aliphatic carbocycles. The van der Waals surface area contributed by atoms with Crippen LogP contribution in [0.15, 0.2) is 0 Å². The van der Waals surface area contributed by atoms with Crippen LogP contribution in [-0.2, 0) is 4.79 Å². The van der Waals surface area contributed by atoms with Crippen molar-refractivity contribution in [1.29, 1.82) is 0 Å². The summed E-state index contributed by atoms with van der Waals surface area (Å²) in [7, 11) is 0. The van der Waals surface area contributed by atoms with Gasteiger partial charge in [-0.15, -0.1) is 0 Å². The summed E-state index contributed by atoms with van der Waals surface area (Å²) in [5.74, 6) is 0.745. The number of carbonyl (C=O) groups excluding carboxylic acids is 1. The van der Waals surface area contributed by atoms with Crippen molar-refractivity contribution in [3.63, 3.8) is 0 Å². The van der Waals surface area contributed by atoms with E-state index in [1.807, 2.05) is 6.92 Å². The summed E-state index contributed by atoms with van der Waals surface area (Å²) < 4.78 is 0. The van der Waals surface area contributed by atoms with Crippen molar-refractivity contribution in [2.24, 2.45) is 5.92 Å². The zero-order chi connectivity index (χ0) is 9.40. The van der Waals surface area contributed by atoms with Crippen LogP contribution < -0.4 is 5.32 Å². The number of rotatable bonds is 2. The average Bonchev–Trinajstić information content (AvgIpc) is 2.56. The predicted molar refractivity (Wildman–Crippen MR) is 52.2 cm³/mol. The molecule has 1 fully saturated rings. The maximum Gasteiger partial charge on any atom is 0.137 e. The summed E-state index contributed by atoms with van der Waals surface area (Å²) in [4.78, 5) is 11.0. The Bertz CT molecular complexity index is 117. The Morgan fingerprint density at radius 2 is 2.00 bits per heavy atom. The van der Waals surface area contributed by atoms with E-state index >= 15 is 0 Å². The highest BCUT2D eigenvalue weighted by molar-refractivity contribution is 5.81. The van der Waals surface area contributed by atoms with Crippen LogP contribution in [0.25, 0.3) is 0 Å². The van der Waals surface area contributed by atoms with Gasteiger partial charge in [-0.25, -0.2) is 0 Å². The molecule has 1 N–H and O–H groups in total. The van der Waals surface area contributed by atoms with Crippen molar-refractivity contribution in [3.05, 3.63) is 0 Å². The molecule has 0 spiro atoms. The molecule has 0 unspecified atom stereocenters. The average molecular weight is 171 g/mol. The van der Waals surface area contributed by atoms with Gasteiger partial charge in [-0.05, 0) is 13.0 Å². The molecule has 0 saturated carbocycles. The fraction of sp³-hybridized carbons (Fsp3) is 0.900. The minimum Gasteiger partial charge on any atom is -0.316 e. The second-order valence-corrected chi connectivity index (χ2v) is 3.22. The largest absolute Gasteiger partial charge is 0.316 e. The number of ketones is 1. The van der Waals surface area contributed by atoms with Gasteiger partial charge in [-0.2, -0.15) is 0 Å². The Kier molecular flexibility index (Phi) is 7.06. The molecule has 1 rings (SSSR count). The molecule has 12 heavy (non-hydrogen) atoms. The topological polar surface area (TPSA) is 29.1 Å². The van der Waals surface area contributed by atoms with Crippen LogP contribution in [0.1, 0.15) is 40.0 Å². The first-order valence-electron chi connectivity index (χ1n) is 4.99. The number of hydrogen-bond acceptors (Lipinski definition) is 2. The standard InChI is InChI=1S/C7H13NO.C3H8/c1-2-7(9)6-3-4-8-5-6;1-3-2/h6,8H,2-5H2,1H3;3H2,1-2H3/t6-;/m1./s1. The molecule has 1 saturated heterocycles. The lowest BCUT2D eigenvalue weighted by Gasteiger charge is -2.02. The summed E-state index contributed by atoms with van der Waals surface area (Å²) in [5.41, 5.74) is 0. The van der Waals surface area contributed by atoms with Crippen LogP contribution in [0.2, 0.25) is 0 Å². The molecule has 0 aromatic rings. The summed E-state index contributed by atoms with van der Waals surface area (Å²) in [6.07, 6.45) is 3.00. The highest BCUT2D eigenvalue weighted by Crippen LogP contribution is 2.09. The van der Waals surface area contributed by atoms with E-state index in [4.69, 9.17) is 0 Å². The van der Waals surface area contributed by atoms with Gasteiger partial charge in [0.15, 0.2) is 0 Å². The van der Waals surface area contributed by atoms with E-state index in [1.54, 1.807) is 0 Å². The Morgan fingerprint density at radius 1 is 1.42 bits per heavy atom. The Hall–Kier alpha value is -0.370. The molecule has 1 atom stereocenters. The molecule has 0 amide bonds. The van der Waals surface area contributed by atoms with Gasteiger partial charge in [0.1, 0.15) is 5.78 Å². The van der Waals surface area contributed by atoms with Gasteiger partial charge in [-0.3, -0.25) is 4.79 Å². The lowest BCUT2D eigenvalue weighted by molar-refractivity contribution is -0.121. The van der Waals surface area contributed by atoms with Crippen molar-refractivity contribution < 1.29 is 4.79 Å². The van der Waals surface area contributed by atoms with Crippen molar-refractivity contribution in [2.45, 2.75) is 40.0 Å². The van der Waals surface area contributed by atoms with E-state index < -0.39 is 0 Å².